The lowest BCUT2D eigenvalue weighted by atomic mass is 9.85. The first-order chi connectivity index (χ1) is 9.96. The first-order valence-electron chi connectivity index (χ1n) is 7.49. The molecule has 1 aromatic rings. The van der Waals surface area contributed by atoms with Crippen LogP contribution < -0.4 is 4.72 Å². The molecule has 0 atom stereocenters. The number of rotatable bonds is 4. The second kappa shape index (κ2) is 6.59. The lowest BCUT2D eigenvalue weighted by molar-refractivity contribution is 0.306. The van der Waals surface area contributed by atoms with Gasteiger partial charge >= 0.3 is 0 Å². The molecule has 0 bridgehead atoms. The van der Waals surface area contributed by atoms with Crippen molar-refractivity contribution in [2.75, 3.05) is 0 Å². The third kappa shape index (κ3) is 3.84. The lowest BCUT2D eigenvalue weighted by Crippen LogP contribution is -2.37. The summed E-state index contributed by atoms with van der Waals surface area (Å²) in [6.07, 6.45) is 5.13. The van der Waals surface area contributed by atoms with Gasteiger partial charge in [-0.05, 0) is 56.2 Å². The van der Waals surface area contributed by atoms with Crippen LogP contribution in [0.25, 0.3) is 0 Å². The van der Waals surface area contributed by atoms with Crippen LogP contribution in [0.2, 0.25) is 0 Å². The number of nitrogens with zero attached hydrogens (tertiary/aromatic N) is 1. The Morgan fingerprint density at radius 2 is 1.95 bits per heavy atom. The topological polar surface area (TPSA) is 70.0 Å². The molecule has 1 N–H and O–H groups in total. The van der Waals surface area contributed by atoms with Gasteiger partial charge in [0.15, 0.2) is 0 Å². The van der Waals surface area contributed by atoms with Gasteiger partial charge in [0.25, 0.3) is 0 Å². The van der Waals surface area contributed by atoms with Crippen LogP contribution >= 0.6 is 0 Å². The summed E-state index contributed by atoms with van der Waals surface area (Å²) in [7, 11) is -3.55. The molecule has 1 fully saturated rings. The van der Waals surface area contributed by atoms with Crippen LogP contribution in [0.4, 0.5) is 0 Å². The van der Waals surface area contributed by atoms with Crippen LogP contribution in [0.5, 0.6) is 0 Å². The number of hydrogen-bond donors (Lipinski definition) is 1. The number of hydrogen-bond acceptors (Lipinski definition) is 3. The molecule has 1 aromatic carbocycles. The van der Waals surface area contributed by atoms with Crippen molar-refractivity contribution in [3.05, 3.63) is 29.3 Å². The first kappa shape index (κ1) is 16.0. The average molecular weight is 306 g/mol. The van der Waals surface area contributed by atoms with E-state index in [0.29, 0.717) is 11.1 Å². The largest absolute Gasteiger partial charge is 0.241 e. The molecule has 114 valence electrons. The third-order valence-electron chi connectivity index (χ3n) is 4.35. The Kier molecular flexibility index (Phi) is 5.02. The number of nitrogens with one attached hydrogen (secondary N) is 1. The van der Waals surface area contributed by atoms with Gasteiger partial charge in [-0.25, -0.2) is 13.1 Å². The zero-order chi connectivity index (χ0) is 15.5. The fourth-order valence-corrected chi connectivity index (χ4v) is 4.51. The molecular formula is C16H22N2O2S. The molecular weight excluding hydrogens is 284 g/mol. The van der Waals surface area contributed by atoms with Crippen molar-refractivity contribution in [1.82, 2.24) is 4.72 Å². The Hall–Kier alpha value is -1.38. The summed E-state index contributed by atoms with van der Waals surface area (Å²) in [4.78, 5) is 0.221. The van der Waals surface area contributed by atoms with Crippen molar-refractivity contribution < 1.29 is 8.42 Å². The van der Waals surface area contributed by atoms with E-state index in [0.717, 1.165) is 31.6 Å². The van der Waals surface area contributed by atoms with Crippen LogP contribution in [0.15, 0.2) is 23.1 Å². The van der Waals surface area contributed by atoms with E-state index in [1.54, 1.807) is 19.1 Å². The van der Waals surface area contributed by atoms with Gasteiger partial charge in [0.2, 0.25) is 10.0 Å². The van der Waals surface area contributed by atoms with E-state index in [-0.39, 0.29) is 10.9 Å². The van der Waals surface area contributed by atoms with Crippen LogP contribution in [-0.4, -0.2) is 14.5 Å². The zero-order valence-corrected chi connectivity index (χ0v) is 13.4. The van der Waals surface area contributed by atoms with Crippen LogP contribution in [-0.2, 0) is 10.0 Å². The molecule has 4 nitrogen and oxygen atoms in total. The molecule has 1 aliphatic rings. The summed E-state index contributed by atoms with van der Waals surface area (Å²) in [5.41, 5.74) is 1.04. The monoisotopic (exact) mass is 306 g/mol. The quantitative estimate of drug-likeness (QED) is 0.929. The van der Waals surface area contributed by atoms with Crippen LogP contribution in [0, 0.1) is 24.2 Å². The molecule has 0 saturated heterocycles. The molecule has 0 aliphatic heterocycles. The highest BCUT2D eigenvalue weighted by atomic mass is 32.2. The molecule has 0 unspecified atom stereocenters. The van der Waals surface area contributed by atoms with Crippen molar-refractivity contribution >= 4 is 10.0 Å². The molecule has 0 spiro atoms. The van der Waals surface area contributed by atoms with Crippen LogP contribution in [0.3, 0.4) is 0 Å². The summed E-state index contributed by atoms with van der Waals surface area (Å²) in [5, 5.41) is 8.93. The summed E-state index contributed by atoms with van der Waals surface area (Å²) >= 11 is 0. The number of sulfonamides is 1. The molecule has 1 saturated carbocycles. The highest BCUT2D eigenvalue weighted by Crippen LogP contribution is 2.28. The minimum atomic E-state index is -3.55. The van der Waals surface area contributed by atoms with E-state index in [1.165, 1.54) is 12.5 Å². The van der Waals surface area contributed by atoms with Gasteiger partial charge in [-0.3, -0.25) is 0 Å². The minimum Gasteiger partial charge on any atom is -0.208 e. The van der Waals surface area contributed by atoms with E-state index in [4.69, 9.17) is 5.26 Å². The van der Waals surface area contributed by atoms with E-state index in [1.807, 2.05) is 6.07 Å². The second-order valence-corrected chi connectivity index (χ2v) is 7.52. The SMILES string of the molecule is CCC1CCC(NS(=O)(=O)c2cc(C#N)ccc2C)CC1. The maximum absolute atomic E-state index is 12.5. The highest BCUT2D eigenvalue weighted by molar-refractivity contribution is 7.89. The predicted molar refractivity (Wildman–Crippen MR) is 82.3 cm³/mol. The number of nitriles is 1. The van der Waals surface area contributed by atoms with Gasteiger partial charge in [0, 0.05) is 6.04 Å². The smallest absolute Gasteiger partial charge is 0.208 e. The average Bonchev–Trinajstić information content (AvgIpc) is 2.48. The third-order valence-corrected chi connectivity index (χ3v) is 6.02. The maximum atomic E-state index is 12.5. The summed E-state index contributed by atoms with van der Waals surface area (Å²) in [5.74, 6) is 0.731. The molecule has 5 heteroatoms. The summed E-state index contributed by atoms with van der Waals surface area (Å²) in [6, 6.07) is 6.78. The lowest BCUT2D eigenvalue weighted by Gasteiger charge is -2.28. The van der Waals surface area contributed by atoms with Crippen molar-refractivity contribution in [1.29, 1.82) is 5.26 Å². The van der Waals surface area contributed by atoms with Crippen LogP contribution in [0.1, 0.15) is 50.2 Å². The number of aryl methyl sites for hydroxylation is 1. The normalized spacial score (nSPS) is 22.7. The Labute approximate surface area is 127 Å². The molecule has 2 rings (SSSR count). The molecule has 1 aliphatic carbocycles. The van der Waals surface area contributed by atoms with Gasteiger partial charge in [0.1, 0.15) is 0 Å². The van der Waals surface area contributed by atoms with Gasteiger partial charge in [-0.1, -0.05) is 19.4 Å². The van der Waals surface area contributed by atoms with Crippen molar-refractivity contribution in [3.63, 3.8) is 0 Å². The predicted octanol–water partition coefficient (Wildman–Crippen LogP) is 3.11. The van der Waals surface area contributed by atoms with Gasteiger partial charge in [0.05, 0.1) is 16.5 Å². The Morgan fingerprint density at radius 1 is 1.29 bits per heavy atom. The standard InChI is InChI=1S/C16H22N2O2S/c1-3-13-6-8-15(9-7-13)18-21(19,20)16-10-14(11-17)5-4-12(16)2/h4-5,10,13,15,18H,3,6-9H2,1-2H3. The molecule has 0 radical (unpaired) electrons. The van der Waals surface area contributed by atoms with E-state index < -0.39 is 10.0 Å². The van der Waals surface area contributed by atoms with Gasteiger partial charge < -0.3 is 0 Å². The highest BCUT2D eigenvalue weighted by Gasteiger charge is 2.26. The van der Waals surface area contributed by atoms with E-state index in [2.05, 4.69) is 11.6 Å². The number of benzene rings is 1. The molecule has 0 aromatic heterocycles. The Balaban J connectivity index is 2.14. The fourth-order valence-electron chi connectivity index (χ4n) is 2.93. The van der Waals surface area contributed by atoms with Gasteiger partial charge in [-0.2, -0.15) is 5.26 Å². The Morgan fingerprint density at radius 3 is 2.52 bits per heavy atom. The summed E-state index contributed by atoms with van der Waals surface area (Å²) in [6.45, 7) is 3.94. The minimum absolute atomic E-state index is 0.0166. The molecule has 0 amide bonds. The molecule has 0 heterocycles. The van der Waals surface area contributed by atoms with Crippen molar-refractivity contribution in [3.8, 4) is 6.07 Å². The Bertz CT molecular complexity index is 639. The second-order valence-electron chi connectivity index (χ2n) is 5.84. The van der Waals surface area contributed by atoms with E-state index in [9.17, 15) is 8.42 Å². The first-order valence-corrected chi connectivity index (χ1v) is 8.97. The maximum Gasteiger partial charge on any atom is 0.241 e. The van der Waals surface area contributed by atoms with Crippen molar-refractivity contribution in [2.24, 2.45) is 5.92 Å². The molecule has 21 heavy (non-hydrogen) atoms. The van der Waals surface area contributed by atoms with Gasteiger partial charge in [-0.15, -0.1) is 0 Å². The van der Waals surface area contributed by atoms with E-state index >= 15 is 0 Å². The summed E-state index contributed by atoms with van der Waals surface area (Å²) < 4.78 is 27.9. The fraction of sp³-hybridized carbons (Fsp3) is 0.562. The van der Waals surface area contributed by atoms with Crippen molar-refractivity contribution in [2.45, 2.75) is 56.9 Å². The zero-order valence-electron chi connectivity index (χ0n) is 12.6.